The number of carbonyl (C=O) groups excluding carboxylic acids is 1. The van der Waals surface area contributed by atoms with Crippen LogP contribution in [0.4, 0.5) is 4.79 Å². The Kier molecular flexibility index (Phi) is 5.00. The van der Waals surface area contributed by atoms with E-state index in [0.717, 1.165) is 6.26 Å². The van der Waals surface area contributed by atoms with E-state index in [1.807, 2.05) is 27.9 Å². The van der Waals surface area contributed by atoms with Gasteiger partial charge in [0.2, 0.25) is 0 Å². The molecule has 0 N–H and O–H groups in total. The lowest BCUT2D eigenvalue weighted by Gasteiger charge is -2.38. The van der Waals surface area contributed by atoms with Gasteiger partial charge in [-0.15, -0.1) is 0 Å². The third-order valence-corrected chi connectivity index (χ3v) is 2.61. The number of nitrogens with zero attached hydrogens (tertiary/aromatic N) is 1. The van der Waals surface area contributed by atoms with E-state index in [-0.39, 0.29) is 5.54 Å². The van der Waals surface area contributed by atoms with Crippen molar-refractivity contribution >= 4 is 6.16 Å². The molecular weight excluding hydrogens is 206 g/mol. The SMILES string of the molecule is C=COC(=O)OC(C)(C)CC(C)(C)N(C)C. The van der Waals surface area contributed by atoms with Gasteiger partial charge < -0.3 is 14.4 Å². The molecule has 4 heteroatoms. The van der Waals surface area contributed by atoms with Crippen molar-refractivity contribution in [2.75, 3.05) is 14.1 Å². The van der Waals surface area contributed by atoms with Gasteiger partial charge in [0.15, 0.2) is 0 Å². The Morgan fingerprint density at radius 1 is 1.31 bits per heavy atom. The van der Waals surface area contributed by atoms with Crippen LogP contribution in [0.25, 0.3) is 0 Å². The standard InChI is InChI=1S/C12H23NO3/c1-8-15-10(14)16-12(4,5)9-11(2,3)13(6)7/h8H,1,9H2,2-7H3. The van der Waals surface area contributed by atoms with E-state index in [2.05, 4.69) is 30.1 Å². The highest BCUT2D eigenvalue weighted by molar-refractivity contribution is 5.61. The van der Waals surface area contributed by atoms with Crippen LogP contribution in [0, 0.1) is 0 Å². The smallest absolute Gasteiger partial charge is 0.428 e. The molecule has 0 aliphatic heterocycles. The summed E-state index contributed by atoms with van der Waals surface area (Å²) in [6, 6.07) is 0. The summed E-state index contributed by atoms with van der Waals surface area (Å²) in [6.45, 7) is 11.2. The molecule has 0 amide bonds. The summed E-state index contributed by atoms with van der Waals surface area (Å²) in [5.74, 6) is 0. The van der Waals surface area contributed by atoms with E-state index in [4.69, 9.17) is 4.74 Å². The average Bonchev–Trinajstić information content (AvgIpc) is 1.99. The van der Waals surface area contributed by atoms with E-state index < -0.39 is 11.8 Å². The first-order valence-corrected chi connectivity index (χ1v) is 5.29. The Morgan fingerprint density at radius 2 is 1.81 bits per heavy atom. The zero-order valence-electron chi connectivity index (χ0n) is 11.2. The molecule has 94 valence electrons. The Hall–Kier alpha value is -1.03. The minimum absolute atomic E-state index is 0.0576. The molecule has 0 saturated carbocycles. The fourth-order valence-corrected chi connectivity index (χ4v) is 1.55. The van der Waals surface area contributed by atoms with Gasteiger partial charge in [-0.3, -0.25) is 0 Å². The van der Waals surface area contributed by atoms with Crippen molar-refractivity contribution in [2.24, 2.45) is 0 Å². The maximum absolute atomic E-state index is 11.2. The van der Waals surface area contributed by atoms with E-state index in [1.54, 1.807) is 0 Å². The van der Waals surface area contributed by atoms with Crippen LogP contribution in [0.1, 0.15) is 34.1 Å². The largest absolute Gasteiger partial charge is 0.513 e. The summed E-state index contributed by atoms with van der Waals surface area (Å²) in [4.78, 5) is 13.3. The lowest BCUT2D eigenvalue weighted by atomic mass is 9.88. The van der Waals surface area contributed by atoms with Crippen molar-refractivity contribution in [1.29, 1.82) is 0 Å². The molecule has 0 aliphatic carbocycles. The number of rotatable bonds is 5. The molecule has 0 aromatic rings. The maximum Gasteiger partial charge on any atom is 0.513 e. The van der Waals surface area contributed by atoms with E-state index >= 15 is 0 Å². The summed E-state index contributed by atoms with van der Waals surface area (Å²) in [6.07, 6.45) is 1.06. The summed E-state index contributed by atoms with van der Waals surface area (Å²) in [5.41, 5.74) is -0.633. The van der Waals surface area contributed by atoms with Crippen LogP contribution >= 0.6 is 0 Å². The topological polar surface area (TPSA) is 38.8 Å². The van der Waals surface area contributed by atoms with Gasteiger partial charge in [0, 0.05) is 12.0 Å². The fourth-order valence-electron chi connectivity index (χ4n) is 1.55. The quantitative estimate of drug-likeness (QED) is 0.537. The molecular formula is C12H23NO3. The predicted molar refractivity (Wildman–Crippen MR) is 64.2 cm³/mol. The molecule has 16 heavy (non-hydrogen) atoms. The second kappa shape index (κ2) is 5.34. The van der Waals surface area contributed by atoms with Gasteiger partial charge in [0.05, 0.1) is 6.26 Å². The maximum atomic E-state index is 11.2. The molecule has 0 aromatic heterocycles. The summed E-state index contributed by atoms with van der Waals surface area (Å²) in [5, 5.41) is 0. The van der Waals surface area contributed by atoms with Crippen LogP contribution in [0.2, 0.25) is 0 Å². The highest BCUT2D eigenvalue weighted by atomic mass is 16.7. The Balaban J connectivity index is 4.45. The van der Waals surface area contributed by atoms with Gasteiger partial charge in [-0.1, -0.05) is 6.58 Å². The molecule has 0 rings (SSSR count). The molecule has 0 heterocycles. The van der Waals surface area contributed by atoms with Crippen molar-refractivity contribution in [2.45, 2.75) is 45.3 Å². The lowest BCUT2D eigenvalue weighted by molar-refractivity contribution is -0.0289. The second-order valence-corrected chi connectivity index (χ2v) is 5.28. The summed E-state index contributed by atoms with van der Waals surface area (Å²) in [7, 11) is 4.00. The molecule has 0 atom stereocenters. The summed E-state index contributed by atoms with van der Waals surface area (Å²) < 4.78 is 9.75. The Bertz CT molecular complexity index is 257. The van der Waals surface area contributed by atoms with E-state index in [0.29, 0.717) is 6.42 Å². The molecule has 0 bridgehead atoms. The van der Waals surface area contributed by atoms with Gasteiger partial charge in [0.1, 0.15) is 5.60 Å². The van der Waals surface area contributed by atoms with Gasteiger partial charge in [-0.05, 0) is 41.8 Å². The molecule has 4 nitrogen and oxygen atoms in total. The van der Waals surface area contributed by atoms with Crippen LogP contribution in [0.3, 0.4) is 0 Å². The fraction of sp³-hybridized carbons (Fsp3) is 0.750. The van der Waals surface area contributed by atoms with Crippen molar-refractivity contribution < 1.29 is 14.3 Å². The Labute approximate surface area is 98.2 Å². The number of hydrogen-bond donors (Lipinski definition) is 0. The predicted octanol–water partition coefficient (Wildman–Crippen LogP) is 2.79. The van der Waals surface area contributed by atoms with Gasteiger partial charge in [-0.2, -0.15) is 0 Å². The molecule has 0 aliphatic rings. The molecule has 0 fully saturated rings. The van der Waals surface area contributed by atoms with Crippen LogP contribution < -0.4 is 0 Å². The Morgan fingerprint density at radius 3 is 2.19 bits per heavy atom. The molecule has 0 unspecified atom stereocenters. The van der Waals surface area contributed by atoms with Crippen LogP contribution in [0.5, 0.6) is 0 Å². The van der Waals surface area contributed by atoms with Crippen LogP contribution in [-0.4, -0.2) is 36.3 Å². The van der Waals surface area contributed by atoms with Crippen molar-refractivity contribution in [3.8, 4) is 0 Å². The second-order valence-electron chi connectivity index (χ2n) is 5.28. The number of carbonyl (C=O) groups is 1. The normalized spacial score (nSPS) is 12.4. The first kappa shape index (κ1) is 15.0. The first-order chi connectivity index (χ1) is 7.10. The van der Waals surface area contributed by atoms with Crippen LogP contribution in [0.15, 0.2) is 12.8 Å². The third kappa shape index (κ3) is 5.16. The third-order valence-electron chi connectivity index (χ3n) is 2.61. The molecule has 0 radical (unpaired) electrons. The molecule has 0 saturated heterocycles. The van der Waals surface area contributed by atoms with E-state index in [1.165, 1.54) is 0 Å². The van der Waals surface area contributed by atoms with Gasteiger partial charge in [0.25, 0.3) is 0 Å². The monoisotopic (exact) mass is 229 g/mol. The minimum atomic E-state index is -0.713. The van der Waals surface area contributed by atoms with Crippen molar-refractivity contribution in [3.63, 3.8) is 0 Å². The highest BCUT2D eigenvalue weighted by Gasteiger charge is 2.33. The zero-order valence-corrected chi connectivity index (χ0v) is 11.2. The van der Waals surface area contributed by atoms with Crippen molar-refractivity contribution in [3.05, 3.63) is 12.8 Å². The van der Waals surface area contributed by atoms with Crippen molar-refractivity contribution in [1.82, 2.24) is 4.90 Å². The minimum Gasteiger partial charge on any atom is -0.428 e. The lowest BCUT2D eigenvalue weighted by Crippen LogP contribution is -2.45. The zero-order chi connectivity index (χ0) is 13.0. The van der Waals surface area contributed by atoms with Gasteiger partial charge >= 0.3 is 6.16 Å². The number of hydrogen-bond acceptors (Lipinski definition) is 4. The first-order valence-electron chi connectivity index (χ1n) is 5.29. The van der Waals surface area contributed by atoms with Gasteiger partial charge in [-0.25, -0.2) is 4.79 Å². The van der Waals surface area contributed by atoms with Crippen LogP contribution in [-0.2, 0) is 9.47 Å². The molecule has 0 aromatic carbocycles. The summed E-state index contributed by atoms with van der Waals surface area (Å²) >= 11 is 0. The highest BCUT2D eigenvalue weighted by Crippen LogP contribution is 2.27. The number of ether oxygens (including phenoxy) is 2. The van der Waals surface area contributed by atoms with E-state index in [9.17, 15) is 4.79 Å². The average molecular weight is 229 g/mol. The molecule has 0 spiro atoms.